The van der Waals surface area contributed by atoms with Gasteiger partial charge in [0, 0.05) is 19.3 Å². The second-order valence-corrected chi connectivity index (χ2v) is 14.7. The zero-order valence-corrected chi connectivity index (χ0v) is 32.4. The van der Waals surface area contributed by atoms with Crippen LogP contribution in [0.4, 0.5) is 0 Å². The lowest BCUT2D eigenvalue weighted by Crippen LogP contribution is -2.30. The molecule has 0 N–H and O–H groups in total. The highest BCUT2D eigenvalue weighted by atomic mass is 16.6. The van der Waals surface area contributed by atoms with E-state index in [1.54, 1.807) is 0 Å². The largest absolute Gasteiger partial charge is 0.462 e. The number of ether oxygens (including phenoxy) is 3. The lowest BCUT2D eigenvalue weighted by atomic mass is 10.0. The van der Waals surface area contributed by atoms with Gasteiger partial charge in [-0.1, -0.05) is 188 Å². The molecule has 0 aromatic rings. The van der Waals surface area contributed by atoms with Crippen LogP contribution in [0.15, 0.2) is 0 Å². The van der Waals surface area contributed by atoms with E-state index in [-0.39, 0.29) is 31.1 Å². The molecule has 0 unspecified atom stereocenters. The first-order chi connectivity index (χ1) is 23.4. The zero-order chi connectivity index (χ0) is 35.3. The highest BCUT2D eigenvalue weighted by Crippen LogP contribution is 2.15. The fourth-order valence-corrected chi connectivity index (χ4v) is 6.10. The molecule has 0 aromatic heterocycles. The van der Waals surface area contributed by atoms with Crippen LogP contribution in [-0.4, -0.2) is 37.2 Å². The normalized spacial score (nSPS) is 11.9. The summed E-state index contributed by atoms with van der Waals surface area (Å²) in [6.45, 7) is 8.91. The van der Waals surface area contributed by atoms with E-state index in [0.717, 1.165) is 63.7 Å². The third kappa shape index (κ3) is 35.7. The number of unbranched alkanes of at least 4 members (excludes halogenated alkanes) is 24. The van der Waals surface area contributed by atoms with Crippen molar-refractivity contribution in [2.45, 2.75) is 233 Å². The maximum atomic E-state index is 12.6. The third-order valence-corrected chi connectivity index (χ3v) is 9.29. The number of hydrogen-bond donors (Lipinski definition) is 0. The van der Waals surface area contributed by atoms with Gasteiger partial charge in [-0.05, 0) is 25.2 Å². The minimum Gasteiger partial charge on any atom is -0.462 e. The van der Waals surface area contributed by atoms with Crippen LogP contribution in [-0.2, 0) is 28.6 Å². The Labute approximate surface area is 298 Å². The van der Waals surface area contributed by atoms with Crippen molar-refractivity contribution >= 4 is 17.9 Å². The molecule has 0 aliphatic rings. The number of rotatable bonds is 37. The van der Waals surface area contributed by atoms with Gasteiger partial charge in [0.15, 0.2) is 6.10 Å². The Hall–Kier alpha value is -1.59. The molecule has 0 fully saturated rings. The zero-order valence-electron chi connectivity index (χ0n) is 32.4. The number of esters is 3. The first-order valence-corrected chi connectivity index (χ1v) is 20.9. The van der Waals surface area contributed by atoms with Gasteiger partial charge in [0.05, 0.1) is 0 Å². The van der Waals surface area contributed by atoms with E-state index in [4.69, 9.17) is 14.2 Å². The molecule has 0 radical (unpaired) electrons. The van der Waals surface area contributed by atoms with Gasteiger partial charge in [-0.25, -0.2) is 0 Å². The summed E-state index contributed by atoms with van der Waals surface area (Å²) < 4.78 is 16.6. The molecule has 0 amide bonds. The Morgan fingerprint density at radius 1 is 0.396 bits per heavy atom. The van der Waals surface area contributed by atoms with E-state index in [9.17, 15) is 14.4 Å². The van der Waals surface area contributed by atoms with Crippen LogP contribution in [0, 0.1) is 5.92 Å². The lowest BCUT2D eigenvalue weighted by molar-refractivity contribution is -0.167. The summed E-state index contributed by atoms with van der Waals surface area (Å²) in [5.74, 6) is -0.0491. The second-order valence-electron chi connectivity index (χ2n) is 14.7. The third-order valence-electron chi connectivity index (χ3n) is 9.29. The van der Waals surface area contributed by atoms with E-state index in [2.05, 4.69) is 27.7 Å². The molecular formula is C42H80O6. The van der Waals surface area contributed by atoms with E-state index in [1.165, 1.54) is 122 Å². The monoisotopic (exact) mass is 681 g/mol. The molecule has 6 nitrogen and oxygen atoms in total. The molecule has 0 saturated heterocycles. The van der Waals surface area contributed by atoms with Gasteiger partial charge in [-0.2, -0.15) is 0 Å². The molecule has 48 heavy (non-hydrogen) atoms. The first-order valence-electron chi connectivity index (χ1n) is 20.9. The number of carbonyl (C=O) groups excluding carboxylic acids is 3. The van der Waals surface area contributed by atoms with Gasteiger partial charge >= 0.3 is 17.9 Å². The highest BCUT2D eigenvalue weighted by Gasteiger charge is 2.19. The van der Waals surface area contributed by atoms with Crippen LogP contribution in [0.2, 0.25) is 0 Å². The Morgan fingerprint density at radius 2 is 0.688 bits per heavy atom. The van der Waals surface area contributed by atoms with Gasteiger partial charge in [0.2, 0.25) is 0 Å². The van der Waals surface area contributed by atoms with Crippen molar-refractivity contribution in [3.63, 3.8) is 0 Å². The fraction of sp³-hybridized carbons (Fsp3) is 0.929. The van der Waals surface area contributed by atoms with Crippen LogP contribution in [0.25, 0.3) is 0 Å². The Morgan fingerprint density at radius 3 is 1.02 bits per heavy atom. The Kier molecular flexibility index (Phi) is 35.5. The Bertz CT molecular complexity index is 721. The number of carbonyl (C=O) groups is 3. The summed E-state index contributed by atoms with van der Waals surface area (Å²) in [7, 11) is 0. The molecular weight excluding hydrogens is 600 g/mol. The molecule has 0 aliphatic carbocycles. The second kappa shape index (κ2) is 36.7. The standard InChI is InChI=1S/C42H80O6/c1-5-7-9-11-13-14-18-23-27-31-35-42(45)48-39(36-46-40(43)33-29-25-20-12-10-8-6-2)37-47-41(44)34-30-26-22-19-16-15-17-21-24-28-32-38(3)4/h38-39H,5-37H2,1-4H3/t39-/m1/s1. The molecule has 0 spiro atoms. The minimum atomic E-state index is -0.757. The van der Waals surface area contributed by atoms with Crippen molar-refractivity contribution in [2.75, 3.05) is 13.2 Å². The van der Waals surface area contributed by atoms with Crippen molar-refractivity contribution in [3.05, 3.63) is 0 Å². The van der Waals surface area contributed by atoms with E-state index >= 15 is 0 Å². The molecule has 0 heterocycles. The van der Waals surface area contributed by atoms with Gasteiger partial charge in [0.1, 0.15) is 13.2 Å². The highest BCUT2D eigenvalue weighted by molar-refractivity contribution is 5.71. The molecule has 0 aliphatic heterocycles. The minimum absolute atomic E-state index is 0.0650. The fourth-order valence-electron chi connectivity index (χ4n) is 6.10. The van der Waals surface area contributed by atoms with Crippen LogP contribution in [0.3, 0.4) is 0 Å². The lowest BCUT2D eigenvalue weighted by Gasteiger charge is -2.18. The summed E-state index contributed by atoms with van der Waals surface area (Å²) >= 11 is 0. The summed E-state index contributed by atoms with van der Waals surface area (Å²) in [6, 6.07) is 0. The molecule has 0 rings (SSSR count). The van der Waals surface area contributed by atoms with Gasteiger partial charge in [-0.15, -0.1) is 0 Å². The van der Waals surface area contributed by atoms with E-state index < -0.39 is 6.10 Å². The average molecular weight is 681 g/mol. The molecule has 0 aromatic carbocycles. The summed E-state index contributed by atoms with van der Waals surface area (Å²) in [4.78, 5) is 37.4. The van der Waals surface area contributed by atoms with Crippen LogP contribution >= 0.6 is 0 Å². The topological polar surface area (TPSA) is 78.9 Å². The predicted molar refractivity (Wildman–Crippen MR) is 201 cm³/mol. The molecule has 6 heteroatoms. The summed E-state index contributed by atoms with van der Waals surface area (Å²) in [5, 5.41) is 0. The smallest absolute Gasteiger partial charge is 0.306 e. The van der Waals surface area contributed by atoms with Crippen LogP contribution in [0.5, 0.6) is 0 Å². The molecule has 284 valence electrons. The quantitative estimate of drug-likeness (QED) is 0.0369. The van der Waals surface area contributed by atoms with Gasteiger partial charge < -0.3 is 14.2 Å². The van der Waals surface area contributed by atoms with Crippen molar-refractivity contribution in [2.24, 2.45) is 5.92 Å². The molecule has 1 atom stereocenters. The van der Waals surface area contributed by atoms with Gasteiger partial charge in [-0.3, -0.25) is 14.4 Å². The molecule has 0 bridgehead atoms. The summed E-state index contributed by atoms with van der Waals surface area (Å²) in [6.07, 6.45) is 33.8. The maximum Gasteiger partial charge on any atom is 0.306 e. The van der Waals surface area contributed by atoms with Crippen molar-refractivity contribution in [1.29, 1.82) is 0 Å². The van der Waals surface area contributed by atoms with Crippen molar-refractivity contribution < 1.29 is 28.6 Å². The van der Waals surface area contributed by atoms with E-state index in [1.807, 2.05) is 0 Å². The first kappa shape index (κ1) is 46.4. The number of hydrogen-bond acceptors (Lipinski definition) is 6. The van der Waals surface area contributed by atoms with E-state index in [0.29, 0.717) is 19.3 Å². The van der Waals surface area contributed by atoms with Crippen LogP contribution in [0.1, 0.15) is 227 Å². The van der Waals surface area contributed by atoms with Crippen molar-refractivity contribution in [1.82, 2.24) is 0 Å². The molecule has 0 saturated carbocycles. The van der Waals surface area contributed by atoms with Crippen molar-refractivity contribution in [3.8, 4) is 0 Å². The SMILES string of the molecule is CCCCCCCCCCCCC(=O)O[C@H](COC(=O)CCCCCCCCC)COC(=O)CCCCCCCCCCCCC(C)C. The average Bonchev–Trinajstić information content (AvgIpc) is 3.06. The summed E-state index contributed by atoms with van der Waals surface area (Å²) in [5.41, 5.74) is 0. The Balaban J connectivity index is 4.29. The van der Waals surface area contributed by atoms with Crippen LogP contribution < -0.4 is 0 Å². The van der Waals surface area contributed by atoms with Gasteiger partial charge in [0.25, 0.3) is 0 Å². The maximum absolute atomic E-state index is 12.6. The predicted octanol–water partition coefficient (Wildman–Crippen LogP) is 12.8.